The minimum Gasteiger partial charge on any atom is -0.464 e. The van der Waals surface area contributed by atoms with Crippen LogP contribution >= 0.6 is 11.3 Å². The van der Waals surface area contributed by atoms with Crippen molar-refractivity contribution in [3.63, 3.8) is 0 Å². The van der Waals surface area contributed by atoms with Crippen molar-refractivity contribution >= 4 is 17.6 Å². The molecule has 4 rings (SSSR count). The number of halogens is 1. The Morgan fingerprint density at radius 1 is 1.32 bits per heavy atom. The summed E-state index contributed by atoms with van der Waals surface area (Å²) < 4.78 is 20.5. The number of ether oxygens (including phenoxy) is 1. The molecule has 3 aliphatic rings. The molecule has 138 valence electrons. The van der Waals surface area contributed by atoms with Crippen LogP contribution in [0.5, 0.6) is 5.19 Å². The second kappa shape index (κ2) is 7.68. The minimum absolute atomic E-state index is 0.366. The smallest absolute Gasteiger partial charge is 0.274 e. The van der Waals surface area contributed by atoms with Crippen LogP contribution in [0.1, 0.15) is 42.7 Å². The number of fused-ring (bicyclic) bond motifs is 1. The first kappa shape index (κ1) is 17.4. The number of likely N-dealkylation sites (tertiary alicyclic amines) is 1. The zero-order valence-corrected chi connectivity index (χ0v) is 15.3. The van der Waals surface area contributed by atoms with E-state index in [-0.39, 0.29) is 6.10 Å². The molecule has 0 aromatic carbocycles. The highest BCUT2D eigenvalue weighted by Gasteiger charge is 2.36. The van der Waals surface area contributed by atoms with Gasteiger partial charge in [-0.1, -0.05) is 17.8 Å². The van der Waals surface area contributed by atoms with Gasteiger partial charge in [-0.3, -0.25) is 9.80 Å². The molecule has 0 radical (unpaired) electrons. The van der Waals surface area contributed by atoms with Gasteiger partial charge in [0, 0.05) is 62.9 Å². The molecule has 1 saturated heterocycles. The highest BCUT2D eigenvalue weighted by atomic mass is 32.1. The maximum atomic E-state index is 14.6. The van der Waals surface area contributed by atoms with Gasteiger partial charge in [-0.15, -0.1) is 0 Å². The molecule has 2 aliphatic heterocycles. The molecule has 2 fully saturated rings. The van der Waals surface area contributed by atoms with Crippen LogP contribution in [0.15, 0.2) is 0 Å². The number of hydrogen-bond acceptors (Lipinski definition) is 6. The lowest BCUT2D eigenvalue weighted by molar-refractivity contribution is -0.108. The predicted octanol–water partition coefficient (Wildman–Crippen LogP) is 2.43. The quantitative estimate of drug-likeness (QED) is 0.723. The molecule has 7 heteroatoms. The standard InChI is InChI=1S/C18H26FN3O2S/c19-14-11-22(13-3-1-4-13)9-6-16(14)24-18-20-15-5-8-21(7-2-10-23)12-17(15)25-18/h10,13-14,16H,1-9,11-12H2. The maximum Gasteiger partial charge on any atom is 0.274 e. The monoisotopic (exact) mass is 367 g/mol. The number of hydrogen-bond donors (Lipinski definition) is 0. The Labute approximate surface area is 152 Å². The van der Waals surface area contributed by atoms with Crippen molar-refractivity contribution in [2.24, 2.45) is 0 Å². The van der Waals surface area contributed by atoms with Crippen LogP contribution in [-0.2, 0) is 17.8 Å². The fourth-order valence-corrected chi connectivity index (χ4v) is 5.00. The van der Waals surface area contributed by atoms with E-state index in [4.69, 9.17) is 4.74 Å². The van der Waals surface area contributed by atoms with Crippen LogP contribution in [0.2, 0.25) is 0 Å². The third-order valence-electron chi connectivity index (χ3n) is 5.71. The van der Waals surface area contributed by atoms with Gasteiger partial charge < -0.3 is 9.53 Å². The number of nitrogens with zero attached hydrogens (tertiary/aromatic N) is 3. The molecule has 1 aromatic rings. The Morgan fingerprint density at radius 2 is 2.20 bits per heavy atom. The lowest BCUT2D eigenvalue weighted by Crippen LogP contribution is -2.52. The Kier molecular flexibility index (Phi) is 5.33. The molecule has 0 amide bonds. The lowest BCUT2D eigenvalue weighted by Gasteiger charge is -2.42. The molecule has 0 N–H and O–H groups in total. The topological polar surface area (TPSA) is 45.7 Å². The summed E-state index contributed by atoms with van der Waals surface area (Å²) in [6.45, 7) is 3.97. The van der Waals surface area contributed by atoms with Gasteiger partial charge in [0.1, 0.15) is 18.6 Å². The number of aromatic nitrogens is 1. The summed E-state index contributed by atoms with van der Waals surface area (Å²) in [5.74, 6) is 0. The van der Waals surface area contributed by atoms with Gasteiger partial charge in [0.25, 0.3) is 5.19 Å². The third kappa shape index (κ3) is 3.88. The highest BCUT2D eigenvalue weighted by molar-refractivity contribution is 7.13. The summed E-state index contributed by atoms with van der Waals surface area (Å²) in [6.07, 6.45) is 5.59. The molecule has 25 heavy (non-hydrogen) atoms. The average Bonchev–Trinajstić information content (AvgIpc) is 2.95. The summed E-state index contributed by atoms with van der Waals surface area (Å²) in [5.41, 5.74) is 1.09. The number of aldehydes is 1. The Morgan fingerprint density at radius 3 is 2.92 bits per heavy atom. The molecule has 3 heterocycles. The average molecular weight is 367 g/mol. The van der Waals surface area contributed by atoms with Gasteiger partial charge in [-0.2, -0.15) is 0 Å². The lowest BCUT2D eigenvalue weighted by atomic mass is 9.89. The van der Waals surface area contributed by atoms with Crippen LogP contribution in [-0.4, -0.2) is 65.6 Å². The molecule has 2 unspecified atom stereocenters. The first-order valence-electron chi connectivity index (χ1n) is 9.42. The summed E-state index contributed by atoms with van der Waals surface area (Å²) in [4.78, 5) is 20.9. The summed E-state index contributed by atoms with van der Waals surface area (Å²) in [6, 6.07) is 0.601. The Balaban J connectivity index is 1.33. The zero-order chi connectivity index (χ0) is 17.2. The number of thiazole rings is 1. The summed E-state index contributed by atoms with van der Waals surface area (Å²) >= 11 is 1.55. The van der Waals surface area contributed by atoms with Crippen molar-refractivity contribution in [3.8, 4) is 5.19 Å². The molecule has 0 spiro atoms. The molecular formula is C18H26FN3O2S. The van der Waals surface area contributed by atoms with Crippen molar-refractivity contribution in [3.05, 3.63) is 10.6 Å². The van der Waals surface area contributed by atoms with E-state index in [1.54, 1.807) is 11.3 Å². The van der Waals surface area contributed by atoms with E-state index >= 15 is 0 Å². The van der Waals surface area contributed by atoms with Gasteiger partial charge in [-0.25, -0.2) is 9.37 Å². The maximum absolute atomic E-state index is 14.6. The second-order valence-electron chi connectivity index (χ2n) is 7.37. The van der Waals surface area contributed by atoms with Gasteiger partial charge in [-0.05, 0) is 12.8 Å². The number of carbonyl (C=O) groups is 1. The number of carbonyl (C=O) groups excluding carboxylic acids is 1. The molecule has 1 aliphatic carbocycles. The number of piperidine rings is 1. The van der Waals surface area contributed by atoms with Crippen LogP contribution in [0.3, 0.4) is 0 Å². The van der Waals surface area contributed by atoms with Crippen LogP contribution in [0.4, 0.5) is 4.39 Å². The fraction of sp³-hybridized carbons (Fsp3) is 0.778. The summed E-state index contributed by atoms with van der Waals surface area (Å²) in [7, 11) is 0. The number of alkyl halides is 1. The largest absolute Gasteiger partial charge is 0.464 e. The molecule has 5 nitrogen and oxygen atoms in total. The van der Waals surface area contributed by atoms with E-state index in [9.17, 15) is 9.18 Å². The van der Waals surface area contributed by atoms with Crippen molar-refractivity contribution in [1.82, 2.24) is 14.8 Å². The Bertz CT molecular complexity index is 607. The van der Waals surface area contributed by atoms with Crippen molar-refractivity contribution in [1.29, 1.82) is 0 Å². The first-order chi connectivity index (χ1) is 12.2. The zero-order valence-electron chi connectivity index (χ0n) is 14.5. The van der Waals surface area contributed by atoms with E-state index in [2.05, 4.69) is 14.8 Å². The molecule has 1 saturated carbocycles. The van der Waals surface area contributed by atoms with Crippen molar-refractivity contribution in [2.75, 3.05) is 26.2 Å². The van der Waals surface area contributed by atoms with Crippen LogP contribution in [0, 0.1) is 0 Å². The van der Waals surface area contributed by atoms with Crippen molar-refractivity contribution in [2.45, 2.75) is 63.4 Å². The first-order valence-corrected chi connectivity index (χ1v) is 10.2. The fourth-order valence-electron chi connectivity index (χ4n) is 3.95. The van der Waals surface area contributed by atoms with Crippen molar-refractivity contribution < 1.29 is 13.9 Å². The van der Waals surface area contributed by atoms with Crippen LogP contribution < -0.4 is 4.74 Å². The third-order valence-corrected chi connectivity index (χ3v) is 6.68. The number of rotatable bonds is 6. The van der Waals surface area contributed by atoms with E-state index < -0.39 is 6.17 Å². The van der Waals surface area contributed by atoms with Crippen LogP contribution in [0.25, 0.3) is 0 Å². The predicted molar refractivity (Wildman–Crippen MR) is 94.9 cm³/mol. The minimum atomic E-state index is -0.931. The van der Waals surface area contributed by atoms with Gasteiger partial charge >= 0.3 is 0 Å². The normalized spacial score (nSPS) is 28.4. The van der Waals surface area contributed by atoms with E-state index in [0.29, 0.717) is 24.2 Å². The van der Waals surface area contributed by atoms with Gasteiger partial charge in [0.05, 0.1) is 5.69 Å². The second-order valence-corrected chi connectivity index (χ2v) is 8.42. The highest BCUT2D eigenvalue weighted by Crippen LogP contribution is 2.33. The van der Waals surface area contributed by atoms with E-state index in [1.807, 2.05) is 0 Å². The SMILES string of the molecule is O=CCCN1CCc2nc(OC3CCN(C4CCC4)CC3F)sc2C1. The van der Waals surface area contributed by atoms with Gasteiger partial charge in [0.2, 0.25) is 0 Å². The van der Waals surface area contributed by atoms with E-state index in [1.165, 1.54) is 24.1 Å². The summed E-state index contributed by atoms with van der Waals surface area (Å²) in [5, 5.41) is 0.618. The molecule has 1 aromatic heterocycles. The molecular weight excluding hydrogens is 341 g/mol. The molecule has 2 atom stereocenters. The Hall–Kier alpha value is -1.05. The van der Waals surface area contributed by atoms with E-state index in [0.717, 1.165) is 51.0 Å². The van der Waals surface area contributed by atoms with Gasteiger partial charge in [0.15, 0.2) is 0 Å². The molecule has 0 bridgehead atoms.